The van der Waals surface area contributed by atoms with Gasteiger partial charge < -0.3 is 5.11 Å². The molecule has 0 aromatic heterocycles. The third-order valence-electron chi connectivity index (χ3n) is 6.25. The molecule has 0 saturated carbocycles. The molecular weight excluding hydrogens is 364 g/mol. The molecule has 0 aromatic rings. The lowest BCUT2D eigenvalue weighted by Crippen LogP contribution is -2.14. The molecule has 0 saturated heterocycles. The molecule has 1 atom stereocenters. The average molecular weight is 417 g/mol. The minimum Gasteiger partial charge on any atom is -0.377 e. The van der Waals surface area contributed by atoms with Crippen molar-refractivity contribution < 1.29 is 5.11 Å². The molecule has 1 nitrogen and oxygen atoms in total. The first kappa shape index (κ1) is 28.2. The van der Waals surface area contributed by atoms with Crippen LogP contribution in [0.2, 0.25) is 0 Å². The summed E-state index contributed by atoms with van der Waals surface area (Å²) in [5.74, 6) is 0.310. The van der Waals surface area contributed by atoms with Crippen molar-refractivity contribution in [2.75, 3.05) is 0 Å². The Morgan fingerprint density at radius 3 is 0.964 bits per heavy atom. The molecule has 0 amide bonds. The van der Waals surface area contributed by atoms with E-state index in [4.69, 9.17) is 11.6 Å². The summed E-state index contributed by atoms with van der Waals surface area (Å²) in [5, 5.41) is 9.86. The van der Waals surface area contributed by atoms with Gasteiger partial charge in [0.2, 0.25) is 0 Å². The van der Waals surface area contributed by atoms with Gasteiger partial charge in [-0.3, -0.25) is 0 Å². The SMILES string of the molecule is CCCCCCCCCCCCC(CCCCCCCCCCCC)C(O)Cl. The van der Waals surface area contributed by atoms with Crippen molar-refractivity contribution in [3.05, 3.63) is 0 Å². The average Bonchev–Trinajstić information content (AvgIpc) is 2.68. The second-order valence-electron chi connectivity index (χ2n) is 9.07. The van der Waals surface area contributed by atoms with Crippen molar-refractivity contribution in [2.45, 2.75) is 161 Å². The number of halogens is 1. The van der Waals surface area contributed by atoms with Crippen molar-refractivity contribution in [1.82, 2.24) is 0 Å². The van der Waals surface area contributed by atoms with Crippen LogP contribution < -0.4 is 0 Å². The summed E-state index contributed by atoms with van der Waals surface area (Å²) >= 11 is 6.05. The number of rotatable bonds is 23. The highest BCUT2D eigenvalue weighted by molar-refractivity contribution is 6.19. The van der Waals surface area contributed by atoms with Gasteiger partial charge >= 0.3 is 0 Å². The standard InChI is InChI=1S/C26H53ClO/c1-3-5-7-9-11-13-15-17-19-21-23-25(26(27)28)24-22-20-18-16-14-12-10-8-6-4-2/h25-26,28H,3-24H2,1-2H3. The molecule has 0 aliphatic rings. The Bertz CT molecular complexity index is 256. The molecule has 1 unspecified atom stereocenters. The number of alkyl halides is 1. The molecule has 28 heavy (non-hydrogen) atoms. The number of unbranched alkanes of at least 4 members (excludes halogenated alkanes) is 18. The van der Waals surface area contributed by atoms with E-state index >= 15 is 0 Å². The maximum Gasteiger partial charge on any atom is 0.130 e. The van der Waals surface area contributed by atoms with E-state index in [1.807, 2.05) is 0 Å². The highest BCUT2D eigenvalue weighted by Gasteiger charge is 2.15. The molecule has 0 fully saturated rings. The maximum atomic E-state index is 9.86. The molecule has 0 spiro atoms. The van der Waals surface area contributed by atoms with Crippen molar-refractivity contribution in [1.29, 1.82) is 0 Å². The summed E-state index contributed by atoms with van der Waals surface area (Å²) in [7, 11) is 0. The topological polar surface area (TPSA) is 20.2 Å². The summed E-state index contributed by atoms with van der Waals surface area (Å²) in [6, 6.07) is 0. The molecule has 0 rings (SSSR count). The van der Waals surface area contributed by atoms with Gasteiger partial charge in [0.25, 0.3) is 0 Å². The zero-order chi connectivity index (χ0) is 20.7. The quantitative estimate of drug-likeness (QED) is 0.130. The summed E-state index contributed by atoms with van der Waals surface area (Å²) < 4.78 is 0. The van der Waals surface area contributed by atoms with E-state index in [0.717, 1.165) is 12.8 Å². The van der Waals surface area contributed by atoms with Crippen molar-refractivity contribution in [3.8, 4) is 0 Å². The van der Waals surface area contributed by atoms with Crippen molar-refractivity contribution >= 4 is 11.6 Å². The van der Waals surface area contributed by atoms with E-state index in [1.54, 1.807) is 0 Å². The predicted molar refractivity (Wildman–Crippen MR) is 128 cm³/mol. The van der Waals surface area contributed by atoms with Crippen LogP contribution in [0.25, 0.3) is 0 Å². The van der Waals surface area contributed by atoms with E-state index in [2.05, 4.69) is 13.8 Å². The molecule has 0 radical (unpaired) electrons. The van der Waals surface area contributed by atoms with Crippen LogP contribution in [0.1, 0.15) is 155 Å². The van der Waals surface area contributed by atoms with Gasteiger partial charge in [0.05, 0.1) is 0 Å². The van der Waals surface area contributed by atoms with Gasteiger partial charge in [0, 0.05) is 0 Å². The van der Waals surface area contributed by atoms with Gasteiger partial charge in [-0.2, -0.15) is 0 Å². The molecule has 0 bridgehead atoms. The van der Waals surface area contributed by atoms with E-state index in [9.17, 15) is 5.11 Å². The number of hydrogen-bond donors (Lipinski definition) is 1. The summed E-state index contributed by atoms with van der Waals surface area (Å²) in [6.45, 7) is 4.56. The Labute approximate surface area is 183 Å². The Hall–Kier alpha value is 0.250. The van der Waals surface area contributed by atoms with Crippen LogP contribution in [0.3, 0.4) is 0 Å². The van der Waals surface area contributed by atoms with Crippen LogP contribution in [0.5, 0.6) is 0 Å². The van der Waals surface area contributed by atoms with Gasteiger partial charge in [-0.25, -0.2) is 0 Å². The first-order valence-corrected chi connectivity index (χ1v) is 13.5. The maximum absolute atomic E-state index is 9.86. The number of hydrogen-bond acceptors (Lipinski definition) is 1. The Morgan fingerprint density at radius 1 is 0.464 bits per heavy atom. The normalized spacial score (nSPS) is 12.8. The van der Waals surface area contributed by atoms with Gasteiger partial charge in [-0.15, -0.1) is 0 Å². The minimum atomic E-state index is -0.642. The monoisotopic (exact) mass is 416 g/mol. The van der Waals surface area contributed by atoms with Gasteiger partial charge in [0.15, 0.2) is 0 Å². The van der Waals surface area contributed by atoms with Gasteiger partial charge in [-0.05, 0) is 18.8 Å². The van der Waals surface area contributed by atoms with Crippen molar-refractivity contribution in [2.24, 2.45) is 5.92 Å². The van der Waals surface area contributed by atoms with Crippen LogP contribution in [0.15, 0.2) is 0 Å². The smallest absolute Gasteiger partial charge is 0.130 e. The predicted octanol–water partition coefficient (Wildman–Crippen LogP) is 9.78. The van der Waals surface area contributed by atoms with Crippen LogP contribution in [-0.4, -0.2) is 10.7 Å². The van der Waals surface area contributed by atoms with E-state index < -0.39 is 5.56 Å². The molecule has 0 aromatic carbocycles. The Kier molecular flexibility index (Phi) is 23.7. The summed E-state index contributed by atoms with van der Waals surface area (Å²) in [5.41, 5.74) is -0.642. The van der Waals surface area contributed by atoms with Crippen LogP contribution in [0.4, 0.5) is 0 Å². The van der Waals surface area contributed by atoms with E-state index in [-0.39, 0.29) is 0 Å². The number of aliphatic hydroxyl groups excluding tert-OH is 1. The molecule has 170 valence electrons. The summed E-state index contributed by atoms with van der Waals surface area (Å²) in [4.78, 5) is 0. The second-order valence-corrected chi connectivity index (χ2v) is 9.52. The molecule has 0 aliphatic heterocycles. The zero-order valence-corrected chi connectivity index (χ0v) is 20.3. The molecule has 1 N–H and O–H groups in total. The first-order chi connectivity index (χ1) is 13.7. The van der Waals surface area contributed by atoms with Crippen LogP contribution in [-0.2, 0) is 0 Å². The minimum absolute atomic E-state index is 0.310. The fourth-order valence-corrected chi connectivity index (χ4v) is 4.46. The Morgan fingerprint density at radius 2 is 0.714 bits per heavy atom. The third-order valence-corrected chi connectivity index (χ3v) is 6.60. The third kappa shape index (κ3) is 21.0. The van der Waals surface area contributed by atoms with Gasteiger partial charge in [-0.1, -0.05) is 154 Å². The van der Waals surface area contributed by atoms with Crippen molar-refractivity contribution in [3.63, 3.8) is 0 Å². The lowest BCUT2D eigenvalue weighted by molar-refractivity contribution is 0.165. The number of aliphatic hydroxyl groups is 1. The first-order valence-electron chi connectivity index (χ1n) is 13.0. The highest BCUT2D eigenvalue weighted by atomic mass is 35.5. The van der Waals surface area contributed by atoms with Crippen LogP contribution in [0, 0.1) is 5.92 Å². The van der Waals surface area contributed by atoms with E-state index in [1.165, 1.54) is 128 Å². The van der Waals surface area contributed by atoms with E-state index in [0.29, 0.717) is 5.92 Å². The molecule has 2 heteroatoms. The lowest BCUT2D eigenvalue weighted by Gasteiger charge is -2.18. The largest absolute Gasteiger partial charge is 0.377 e. The molecular formula is C26H53ClO. The highest BCUT2D eigenvalue weighted by Crippen LogP contribution is 2.24. The second kappa shape index (κ2) is 23.5. The lowest BCUT2D eigenvalue weighted by atomic mass is 9.94. The Balaban J connectivity index is 3.44. The summed E-state index contributed by atoms with van der Waals surface area (Å²) in [6.07, 6.45) is 29.6. The van der Waals surface area contributed by atoms with Gasteiger partial charge in [0.1, 0.15) is 5.56 Å². The van der Waals surface area contributed by atoms with Crippen LogP contribution >= 0.6 is 11.6 Å². The molecule has 0 aliphatic carbocycles. The fourth-order valence-electron chi connectivity index (χ4n) is 4.21. The molecule has 0 heterocycles. The zero-order valence-electron chi connectivity index (χ0n) is 19.5. The fraction of sp³-hybridized carbons (Fsp3) is 1.00.